The predicted octanol–water partition coefficient (Wildman–Crippen LogP) is 3.85. The molecule has 1 saturated heterocycles. The highest BCUT2D eigenvalue weighted by atomic mass is 35.5. The Hall–Kier alpha value is -3.84. The van der Waals surface area contributed by atoms with E-state index in [0.717, 1.165) is 24.2 Å². The van der Waals surface area contributed by atoms with Crippen LogP contribution < -0.4 is 15.8 Å². The minimum absolute atomic E-state index is 0.0374. The van der Waals surface area contributed by atoms with E-state index in [4.69, 9.17) is 22.1 Å². The van der Waals surface area contributed by atoms with Gasteiger partial charge in [0.15, 0.2) is 0 Å². The summed E-state index contributed by atoms with van der Waals surface area (Å²) in [6.45, 7) is 1.16. The molecule has 0 saturated carbocycles. The maximum Gasteiger partial charge on any atom is 0.253 e. The second-order valence-corrected chi connectivity index (χ2v) is 9.20. The van der Waals surface area contributed by atoms with Gasteiger partial charge in [-0.2, -0.15) is 0 Å². The molecule has 1 aliphatic heterocycles. The average Bonchev–Trinajstić information content (AvgIpc) is 2.90. The number of likely N-dealkylation sites (tertiary alicyclic amines) is 1. The molecule has 3 N–H and O–H groups in total. The summed E-state index contributed by atoms with van der Waals surface area (Å²) in [6, 6.07) is 22.2. The third kappa shape index (κ3) is 6.64. The zero-order valence-electron chi connectivity index (χ0n) is 19.7. The highest BCUT2D eigenvalue weighted by Crippen LogP contribution is 2.22. The number of nitrogens with two attached hydrogens (primary N) is 1. The van der Waals surface area contributed by atoms with E-state index in [1.807, 2.05) is 42.5 Å². The number of piperidine rings is 1. The number of halogens is 1. The maximum absolute atomic E-state index is 13.0. The average molecular weight is 506 g/mol. The predicted molar refractivity (Wildman–Crippen MR) is 138 cm³/mol. The summed E-state index contributed by atoms with van der Waals surface area (Å²) in [7, 11) is 0. The van der Waals surface area contributed by atoms with Crippen LogP contribution in [0.4, 0.5) is 0 Å². The summed E-state index contributed by atoms with van der Waals surface area (Å²) < 4.78 is 6.00. The van der Waals surface area contributed by atoms with Crippen molar-refractivity contribution in [3.8, 4) is 5.75 Å². The first-order valence-electron chi connectivity index (χ1n) is 11.8. The number of ether oxygens (including phenoxy) is 1. The van der Waals surface area contributed by atoms with E-state index < -0.39 is 17.9 Å². The quantitative estimate of drug-likeness (QED) is 0.485. The van der Waals surface area contributed by atoms with Gasteiger partial charge in [0.25, 0.3) is 11.8 Å². The maximum atomic E-state index is 13.0. The standard InChI is InChI=1S/C28H28ClN3O4/c29-22-10-12-23(13-11-22)36-24-14-16-32(17-15-24)28(35)21-8-6-20(7-9-21)27(34)31-25(26(30)33)18-19-4-2-1-3-5-19/h1-13,24-25H,14-18H2,(H2,30,33)(H,31,34). The van der Waals surface area contributed by atoms with Gasteiger partial charge in [-0.3, -0.25) is 14.4 Å². The number of carbonyl (C=O) groups is 3. The van der Waals surface area contributed by atoms with Gasteiger partial charge in [-0.15, -0.1) is 0 Å². The Morgan fingerprint density at radius 2 is 1.53 bits per heavy atom. The Morgan fingerprint density at radius 1 is 0.917 bits per heavy atom. The normalized spacial score (nSPS) is 14.6. The van der Waals surface area contributed by atoms with Gasteiger partial charge in [-0.05, 0) is 54.1 Å². The van der Waals surface area contributed by atoms with Crippen molar-refractivity contribution in [1.29, 1.82) is 0 Å². The topological polar surface area (TPSA) is 102 Å². The van der Waals surface area contributed by atoms with Crippen molar-refractivity contribution in [1.82, 2.24) is 10.2 Å². The number of hydrogen-bond donors (Lipinski definition) is 2. The minimum atomic E-state index is -0.836. The summed E-state index contributed by atoms with van der Waals surface area (Å²) >= 11 is 5.92. The number of primary amides is 1. The number of amides is 3. The summed E-state index contributed by atoms with van der Waals surface area (Å²) in [6.07, 6.45) is 1.79. The fraction of sp³-hybridized carbons (Fsp3) is 0.250. The van der Waals surface area contributed by atoms with Gasteiger partial charge in [0.2, 0.25) is 5.91 Å². The molecule has 4 rings (SSSR count). The zero-order chi connectivity index (χ0) is 25.5. The van der Waals surface area contributed by atoms with Crippen LogP contribution in [0.25, 0.3) is 0 Å². The van der Waals surface area contributed by atoms with Gasteiger partial charge in [-0.1, -0.05) is 41.9 Å². The van der Waals surface area contributed by atoms with E-state index in [1.165, 1.54) is 0 Å². The van der Waals surface area contributed by atoms with Gasteiger partial charge in [-0.25, -0.2) is 0 Å². The van der Waals surface area contributed by atoms with Crippen LogP contribution in [0, 0.1) is 0 Å². The molecule has 1 unspecified atom stereocenters. The first kappa shape index (κ1) is 25.3. The second-order valence-electron chi connectivity index (χ2n) is 8.76. The molecule has 0 aliphatic carbocycles. The molecule has 186 valence electrons. The number of hydrogen-bond acceptors (Lipinski definition) is 4. The monoisotopic (exact) mass is 505 g/mol. The molecule has 1 aliphatic rings. The lowest BCUT2D eigenvalue weighted by Gasteiger charge is -2.32. The largest absolute Gasteiger partial charge is 0.490 e. The molecular formula is C28H28ClN3O4. The molecule has 8 heteroatoms. The molecule has 3 aromatic rings. The van der Waals surface area contributed by atoms with Crippen LogP contribution in [0.1, 0.15) is 39.1 Å². The fourth-order valence-corrected chi connectivity index (χ4v) is 4.27. The van der Waals surface area contributed by atoms with Gasteiger partial charge in [0.1, 0.15) is 17.9 Å². The number of rotatable bonds is 8. The first-order chi connectivity index (χ1) is 17.4. The van der Waals surface area contributed by atoms with Gasteiger partial charge in [0.05, 0.1) is 0 Å². The van der Waals surface area contributed by atoms with Crippen molar-refractivity contribution < 1.29 is 19.1 Å². The Kier molecular flexibility index (Phi) is 8.23. The van der Waals surface area contributed by atoms with Crippen LogP contribution in [0.5, 0.6) is 5.75 Å². The third-order valence-electron chi connectivity index (χ3n) is 6.17. The van der Waals surface area contributed by atoms with Crippen LogP contribution in [0.2, 0.25) is 5.02 Å². The van der Waals surface area contributed by atoms with Crippen LogP contribution >= 0.6 is 11.6 Å². The van der Waals surface area contributed by atoms with Crippen LogP contribution in [0.15, 0.2) is 78.9 Å². The SMILES string of the molecule is NC(=O)C(Cc1ccccc1)NC(=O)c1ccc(C(=O)N2CCC(Oc3ccc(Cl)cc3)CC2)cc1. The number of carbonyl (C=O) groups excluding carboxylic acids is 3. The van der Waals surface area contributed by atoms with Gasteiger partial charge < -0.3 is 20.7 Å². The minimum Gasteiger partial charge on any atom is -0.490 e. The van der Waals surface area contributed by atoms with Crippen LogP contribution in [0.3, 0.4) is 0 Å². The van der Waals surface area contributed by atoms with Crippen molar-refractivity contribution in [3.63, 3.8) is 0 Å². The Morgan fingerprint density at radius 3 is 2.14 bits per heavy atom. The number of nitrogens with one attached hydrogen (secondary N) is 1. The lowest BCUT2D eigenvalue weighted by molar-refractivity contribution is -0.119. The molecule has 7 nitrogen and oxygen atoms in total. The van der Waals surface area contributed by atoms with E-state index in [0.29, 0.717) is 35.7 Å². The molecule has 36 heavy (non-hydrogen) atoms. The van der Waals surface area contributed by atoms with Crippen molar-refractivity contribution in [3.05, 3.63) is 101 Å². The summed E-state index contributed by atoms with van der Waals surface area (Å²) in [4.78, 5) is 39.3. The fourth-order valence-electron chi connectivity index (χ4n) is 4.14. The van der Waals surface area contributed by atoms with Crippen LogP contribution in [-0.2, 0) is 11.2 Å². The lowest BCUT2D eigenvalue weighted by Crippen LogP contribution is -2.45. The molecule has 1 atom stereocenters. The van der Waals surface area contributed by atoms with Crippen LogP contribution in [-0.4, -0.2) is 47.9 Å². The Labute approximate surface area is 215 Å². The molecule has 3 amide bonds. The molecule has 0 radical (unpaired) electrons. The summed E-state index contributed by atoms with van der Waals surface area (Å²) in [5, 5.41) is 3.35. The molecule has 0 aromatic heterocycles. The van der Waals surface area contributed by atoms with Gasteiger partial charge in [0, 0.05) is 48.5 Å². The molecule has 3 aromatic carbocycles. The van der Waals surface area contributed by atoms with E-state index in [1.54, 1.807) is 41.3 Å². The van der Waals surface area contributed by atoms with Crippen molar-refractivity contribution >= 4 is 29.3 Å². The molecule has 0 spiro atoms. The Bertz CT molecular complexity index is 1190. The first-order valence-corrected chi connectivity index (χ1v) is 12.2. The highest BCUT2D eigenvalue weighted by molar-refractivity contribution is 6.30. The lowest BCUT2D eigenvalue weighted by atomic mass is 10.0. The third-order valence-corrected chi connectivity index (χ3v) is 6.42. The Balaban J connectivity index is 1.30. The van der Waals surface area contributed by atoms with E-state index >= 15 is 0 Å². The van der Waals surface area contributed by atoms with Crippen molar-refractivity contribution in [2.75, 3.05) is 13.1 Å². The zero-order valence-corrected chi connectivity index (χ0v) is 20.5. The van der Waals surface area contributed by atoms with Gasteiger partial charge >= 0.3 is 0 Å². The molecule has 1 heterocycles. The van der Waals surface area contributed by atoms with E-state index in [9.17, 15) is 14.4 Å². The number of nitrogens with zero attached hydrogens (tertiary/aromatic N) is 1. The summed E-state index contributed by atoms with van der Waals surface area (Å²) in [5.74, 6) is -0.359. The van der Waals surface area contributed by atoms with Crippen molar-refractivity contribution in [2.45, 2.75) is 31.4 Å². The van der Waals surface area contributed by atoms with E-state index in [2.05, 4.69) is 5.32 Å². The van der Waals surface area contributed by atoms with Crippen molar-refractivity contribution in [2.24, 2.45) is 5.73 Å². The smallest absolute Gasteiger partial charge is 0.253 e. The molecular weight excluding hydrogens is 478 g/mol. The molecule has 1 fully saturated rings. The highest BCUT2D eigenvalue weighted by Gasteiger charge is 2.25. The van der Waals surface area contributed by atoms with E-state index in [-0.39, 0.29) is 12.0 Å². The number of benzene rings is 3. The summed E-state index contributed by atoms with van der Waals surface area (Å²) in [5.41, 5.74) is 7.24. The molecule has 0 bridgehead atoms. The second kappa shape index (κ2) is 11.7.